The van der Waals surface area contributed by atoms with E-state index in [1.54, 1.807) is 6.20 Å². The summed E-state index contributed by atoms with van der Waals surface area (Å²) in [7, 11) is 2.05. The molecule has 2 aromatic rings. The van der Waals surface area contributed by atoms with Crippen molar-refractivity contribution >= 4 is 11.6 Å². The van der Waals surface area contributed by atoms with Gasteiger partial charge in [-0.15, -0.1) is 0 Å². The molecule has 106 valence electrons. The number of rotatable bonds is 7. The Kier molecular flexibility index (Phi) is 5.35. The van der Waals surface area contributed by atoms with Crippen LogP contribution in [-0.4, -0.2) is 30.1 Å². The zero-order chi connectivity index (χ0) is 14.2. The third-order valence-corrected chi connectivity index (χ3v) is 3.15. The molecule has 0 bridgehead atoms. The van der Waals surface area contributed by atoms with E-state index >= 15 is 0 Å². The van der Waals surface area contributed by atoms with E-state index in [1.807, 2.05) is 12.3 Å². The van der Waals surface area contributed by atoms with Crippen LogP contribution < -0.4 is 10.2 Å². The number of likely N-dealkylation sites (N-methyl/N-ethyl adjacent to an activating group) is 1. The molecule has 4 heteroatoms. The maximum atomic E-state index is 4.57. The van der Waals surface area contributed by atoms with E-state index in [0.29, 0.717) is 0 Å². The van der Waals surface area contributed by atoms with Crippen LogP contribution >= 0.6 is 0 Å². The molecule has 0 atom stereocenters. The van der Waals surface area contributed by atoms with Gasteiger partial charge >= 0.3 is 0 Å². The fourth-order valence-corrected chi connectivity index (χ4v) is 1.93. The van der Waals surface area contributed by atoms with E-state index in [4.69, 9.17) is 0 Å². The Balaban J connectivity index is 1.93. The smallest absolute Gasteiger partial charge is 0.149 e. The van der Waals surface area contributed by atoms with Crippen molar-refractivity contribution in [2.24, 2.45) is 0 Å². The van der Waals surface area contributed by atoms with Gasteiger partial charge in [0.2, 0.25) is 0 Å². The largest absolute Gasteiger partial charge is 0.369 e. The van der Waals surface area contributed by atoms with Crippen molar-refractivity contribution in [2.45, 2.75) is 19.8 Å². The zero-order valence-corrected chi connectivity index (χ0v) is 12.2. The average Bonchev–Trinajstić information content (AvgIpc) is 2.52. The molecule has 0 unspecified atom stereocenters. The minimum atomic E-state index is 0.843. The van der Waals surface area contributed by atoms with Gasteiger partial charge < -0.3 is 10.2 Å². The van der Waals surface area contributed by atoms with Crippen molar-refractivity contribution in [3.05, 3.63) is 48.3 Å². The summed E-state index contributed by atoms with van der Waals surface area (Å²) in [6, 6.07) is 10.5. The first-order valence-corrected chi connectivity index (χ1v) is 7.10. The summed E-state index contributed by atoms with van der Waals surface area (Å²) in [6.07, 6.45) is 5.66. The molecule has 1 aromatic heterocycles. The normalized spacial score (nSPS) is 10.3. The predicted octanol–water partition coefficient (Wildman–Crippen LogP) is 2.98. The molecular formula is C16H22N4. The van der Waals surface area contributed by atoms with Crippen molar-refractivity contribution in [3.63, 3.8) is 0 Å². The number of anilines is 2. The van der Waals surface area contributed by atoms with Crippen LogP contribution in [0.4, 0.5) is 11.6 Å². The lowest BCUT2D eigenvalue weighted by atomic mass is 10.1. The van der Waals surface area contributed by atoms with Gasteiger partial charge in [-0.25, -0.2) is 4.98 Å². The highest BCUT2D eigenvalue weighted by Gasteiger charge is 2.04. The van der Waals surface area contributed by atoms with Gasteiger partial charge in [0.05, 0.1) is 12.4 Å². The van der Waals surface area contributed by atoms with Crippen LogP contribution in [-0.2, 0) is 6.42 Å². The maximum Gasteiger partial charge on any atom is 0.149 e. The number of nitrogens with one attached hydrogen (secondary N) is 1. The van der Waals surface area contributed by atoms with Gasteiger partial charge in [-0.2, -0.15) is 0 Å². The Morgan fingerprint density at radius 2 is 1.95 bits per heavy atom. The highest BCUT2D eigenvalue weighted by Crippen LogP contribution is 2.11. The summed E-state index contributed by atoms with van der Waals surface area (Å²) in [5.41, 5.74) is 1.34. The van der Waals surface area contributed by atoms with Crippen molar-refractivity contribution in [1.29, 1.82) is 0 Å². The van der Waals surface area contributed by atoms with Gasteiger partial charge in [0.25, 0.3) is 0 Å². The van der Waals surface area contributed by atoms with Crippen LogP contribution in [0.2, 0.25) is 0 Å². The molecule has 0 saturated carbocycles. The number of hydrogen-bond acceptors (Lipinski definition) is 4. The molecule has 0 aliphatic carbocycles. The van der Waals surface area contributed by atoms with Gasteiger partial charge in [-0.05, 0) is 18.4 Å². The van der Waals surface area contributed by atoms with Crippen LogP contribution in [0.3, 0.4) is 0 Å². The summed E-state index contributed by atoms with van der Waals surface area (Å²) in [6.45, 7) is 3.98. The maximum absolute atomic E-state index is 4.57. The highest BCUT2D eigenvalue weighted by molar-refractivity contribution is 5.43. The first-order chi connectivity index (χ1) is 9.79. The molecule has 1 aromatic carbocycles. The molecule has 0 radical (unpaired) electrons. The second-order valence-corrected chi connectivity index (χ2v) is 4.85. The molecule has 1 heterocycles. The lowest BCUT2D eigenvalue weighted by Gasteiger charge is -2.18. The van der Waals surface area contributed by atoms with E-state index in [1.165, 1.54) is 5.56 Å². The monoisotopic (exact) mass is 270 g/mol. The molecule has 0 aliphatic rings. The van der Waals surface area contributed by atoms with Crippen molar-refractivity contribution in [1.82, 2.24) is 9.97 Å². The van der Waals surface area contributed by atoms with Crippen LogP contribution in [0.5, 0.6) is 0 Å². The number of aromatic nitrogens is 2. The van der Waals surface area contributed by atoms with Crippen LogP contribution in [0, 0.1) is 0 Å². The minimum Gasteiger partial charge on any atom is -0.369 e. The standard InChI is InChI=1S/C16H22N4/c1-3-10-18-15-12-17-13-16(19-15)20(2)11-9-14-7-5-4-6-8-14/h4-8,12-13H,3,9-11H2,1-2H3,(H,18,19). The molecule has 0 saturated heterocycles. The van der Waals surface area contributed by atoms with Gasteiger partial charge in [0.1, 0.15) is 11.6 Å². The Bertz CT molecular complexity index is 513. The second-order valence-electron chi connectivity index (χ2n) is 4.85. The number of hydrogen-bond donors (Lipinski definition) is 1. The summed E-state index contributed by atoms with van der Waals surface area (Å²) in [5.74, 6) is 1.75. The topological polar surface area (TPSA) is 41.1 Å². The third kappa shape index (κ3) is 4.23. The van der Waals surface area contributed by atoms with E-state index in [9.17, 15) is 0 Å². The quantitative estimate of drug-likeness (QED) is 0.840. The first kappa shape index (κ1) is 14.3. The van der Waals surface area contributed by atoms with Crippen LogP contribution in [0.15, 0.2) is 42.7 Å². The molecular weight excluding hydrogens is 248 g/mol. The third-order valence-electron chi connectivity index (χ3n) is 3.15. The second kappa shape index (κ2) is 7.48. The highest BCUT2D eigenvalue weighted by atomic mass is 15.2. The average molecular weight is 270 g/mol. The molecule has 4 nitrogen and oxygen atoms in total. The predicted molar refractivity (Wildman–Crippen MR) is 84.2 cm³/mol. The zero-order valence-electron chi connectivity index (χ0n) is 12.2. The van der Waals surface area contributed by atoms with Crippen LogP contribution in [0.1, 0.15) is 18.9 Å². The molecule has 20 heavy (non-hydrogen) atoms. The van der Waals surface area contributed by atoms with E-state index in [0.717, 1.165) is 37.6 Å². The number of benzene rings is 1. The summed E-state index contributed by atoms with van der Waals surface area (Å²) in [5, 5.41) is 3.26. The molecule has 0 amide bonds. The number of nitrogens with zero attached hydrogens (tertiary/aromatic N) is 3. The first-order valence-electron chi connectivity index (χ1n) is 7.10. The Labute approximate surface area is 120 Å². The fraction of sp³-hybridized carbons (Fsp3) is 0.375. The van der Waals surface area contributed by atoms with Crippen LogP contribution in [0.25, 0.3) is 0 Å². The van der Waals surface area contributed by atoms with E-state index in [-0.39, 0.29) is 0 Å². The van der Waals surface area contributed by atoms with Crippen molar-refractivity contribution in [3.8, 4) is 0 Å². The summed E-state index contributed by atoms with van der Waals surface area (Å²) in [4.78, 5) is 11.0. The van der Waals surface area contributed by atoms with Crippen molar-refractivity contribution < 1.29 is 0 Å². The molecule has 0 fully saturated rings. The van der Waals surface area contributed by atoms with E-state index in [2.05, 4.69) is 58.4 Å². The molecule has 2 rings (SSSR count). The van der Waals surface area contributed by atoms with Gasteiger partial charge in [0, 0.05) is 20.1 Å². The Hall–Kier alpha value is -2.10. The molecule has 1 N–H and O–H groups in total. The van der Waals surface area contributed by atoms with Gasteiger partial charge in [-0.3, -0.25) is 4.98 Å². The lowest BCUT2D eigenvalue weighted by molar-refractivity contribution is 0.853. The Morgan fingerprint density at radius 3 is 2.70 bits per heavy atom. The molecule has 0 spiro atoms. The fourth-order valence-electron chi connectivity index (χ4n) is 1.93. The molecule has 0 aliphatic heterocycles. The van der Waals surface area contributed by atoms with Gasteiger partial charge in [-0.1, -0.05) is 37.3 Å². The van der Waals surface area contributed by atoms with Gasteiger partial charge in [0.15, 0.2) is 0 Å². The lowest BCUT2D eigenvalue weighted by Crippen LogP contribution is -2.22. The SMILES string of the molecule is CCCNc1cncc(N(C)CCc2ccccc2)n1. The Morgan fingerprint density at radius 1 is 1.15 bits per heavy atom. The summed E-state index contributed by atoms with van der Waals surface area (Å²) < 4.78 is 0. The van der Waals surface area contributed by atoms with Crippen molar-refractivity contribution in [2.75, 3.05) is 30.4 Å². The van der Waals surface area contributed by atoms with E-state index < -0.39 is 0 Å². The minimum absolute atomic E-state index is 0.843. The summed E-state index contributed by atoms with van der Waals surface area (Å²) >= 11 is 0.